The second-order valence-electron chi connectivity index (χ2n) is 7.61. The molecule has 1 saturated heterocycles. The van der Waals surface area contributed by atoms with Gasteiger partial charge < -0.3 is 20.1 Å². The molecule has 0 spiro atoms. The Morgan fingerprint density at radius 3 is 2.70 bits per heavy atom. The van der Waals surface area contributed by atoms with Crippen molar-refractivity contribution in [1.82, 2.24) is 4.31 Å². The Morgan fingerprint density at radius 2 is 2.00 bits per heavy atom. The van der Waals surface area contributed by atoms with E-state index in [1.807, 2.05) is 0 Å². The minimum Gasteiger partial charge on any atom is -0.489 e. The van der Waals surface area contributed by atoms with E-state index >= 15 is 0 Å². The molecule has 1 unspecified atom stereocenters. The van der Waals surface area contributed by atoms with Crippen molar-refractivity contribution in [3.8, 4) is 5.75 Å². The van der Waals surface area contributed by atoms with E-state index in [1.165, 1.54) is 16.4 Å². The van der Waals surface area contributed by atoms with Crippen molar-refractivity contribution in [2.75, 3.05) is 43.5 Å². The van der Waals surface area contributed by atoms with Crippen LogP contribution in [0.5, 0.6) is 5.75 Å². The Kier molecular flexibility index (Phi) is 8.96. The van der Waals surface area contributed by atoms with Crippen LogP contribution in [0.2, 0.25) is 5.02 Å². The van der Waals surface area contributed by atoms with E-state index < -0.39 is 10.0 Å². The van der Waals surface area contributed by atoms with Gasteiger partial charge in [-0.2, -0.15) is 4.31 Å². The quantitative estimate of drug-likeness (QED) is 0.489. The minimum atomic E-state index is -3.61. The molecule has 1 atom stereocenters. The van der Waals surface area contributed by atoms with E-state index in [-0.39, 0.29) is 23.5 Å². The molecule has 1 aliphatic rings. The van der Waals surface area contributed by atoms with Crippen LogP contribution in [-0.2, 0) is 19.6 Å². The van der Waals surface area contributed by atoms with Crippen LogP contribution in [0.1, 0.15) is 26.7 Å². The summed E-state index contributed by atoms with van der Waals surface area (Å²) >= 11 is 6.12. The Hall–Kier alpha value is -2.33. The van der Waals surface area contributed by atoms with Crippen molar-refractivity contribution >= 4 is 38.9 Å². The van der Waals surface area contributed by atoms with Gasteiger partial charge in [-0.15, -0.1) is 0 Å². The summed E-state index contributed by atoms with van der Waals surface area (Å²) in [6.45, 7) is 5.43. The van der Waals surface area contributed by atoms with Gasteiger partial charge in [0.25, 0.3) is 0 Å². The molecule has 8 nitrogen and oxygen atoms in total. The summed E-state index contributed by atoms with van der Waals surface area (Å²) in [5.74, 6) is 0.243. The van der Waals surface area contributed by atoms with Crippen molar-refractivity contribution in [2.45, 2.75) is 37.7 Å². The number of nitrogens with one attached hydrogen (secondary N) is 2. The number of amides is 1. The lowest BCUT2D eigenvalue weighted by Crippen LogP contribution is -2.30. The molecule has 3 rings (SSSR count). The first-order valence-corrected chi connectivity index (χ1v) is 12.8. The Balaban J connectivity index is 1.62. The summed E-state index contributed by atoms with van der Waals surface area (Å²) in [5.41, 5.74) is 0.990. The Bertz CT molecular complexity index is 1050. The molecule has 0 radical (unpaired) electrons. The van der Waals surface area contributed by atoms with Crippen LogP contribution in [0.25, 0.3) is 0 Å². The predicted octanol–water partition coefficient (Wildman–Crippen LogP) is 3.98. The number of benzene rings is 2. The third-order valence-corrected chi connectivity index (χ3v) is 7.57. The molecule has 0 saturated carbocycles. The number of rotatable bonds is 11. The zero-order valence-corrected chi connectivity index (χ0v) is 20.4. The summed E-state index contributed by atoms with van der Waals surface area (Å²) in [5, 5.41) is 6.29. The van der Waals surface area contributed by atoms with Crippen molar-refractivity contribution in [2.24, 2.45) is 0 Å². The van der Waals surface area contributed by atoms with Crippen molar-refractivity contribution in [3.63, 3.8) is 0 Å². The van der Waals surface area contributed by atoms with Crippen molar-refractivity contribution in [3.05, 3.63) is 47.5 Å². The lowest BCUT2D eigenvalue weighted by Gasteiger charge is -2.19. The number of hydrogen-bond donors (Lipinski definition) is 2. The summed E-state index contributed by atoms with van der Waals surface area (Å²) in [6, 6.07) is 11.4. The molecule has 33 heavy (non-hydrogen) atoms. The van der Waals surface area contributed by atoms with Gasteiger partial charge >= 0.3 is 0 Å². The van der Waals surface area contributed by atoms with Crippen molar-refractivity contribution in [1.29, 1.82) is 0 Å². The number of carbonyl (C=O) groups excluding carboxylic acids is 1. The van der Waals surface area contributed by atoms with Gasteiger partial charge in [0.15, 0.2) is 0 Å². The van der Waals surface area contributed by atoms with Crippen LogP contribution < -0.4 is 15.4 Å². The minimum absolute atomic E-state index is 0.0519. The van der Waals surface area contributed by atoms with E-state index in [0.29, 0.717) is 41.8 Å². The number of halogens is 1. The van der Waals surface area contributed by atoms with Gasteiger partial charge in [0.05, 0.1) is 23.2 Å². The Labute approximate surface area is 200 Å². The number of nitrogens with zero attached hydrogens (tertiary/aromatic N) is 1. The standard InChI is InChI=1S/C23H30ClN3O5S/c1-3-27(4-2)33(29,30)20-9-5-7-18(14-20)26-23(28)15-25-21-13-17(24)10-11-22(21)32-16-19-8-6-12-31-19/h5,7,9-11,13-14,19,25H,3-4,6,8,12,15-16H2,1-2H3,(H,26,28). The summed E-state index contributed by atoms with van der Waals surface area (Å²) in [6.07, 6.45) is 2.05. The highest BCUT2D eigenvalue weighted by Crippen LogP contribution is 2.29. The first-order valence-electron chi connectivity index (χ1n) is 11.0. The average Bonchev–Trinajstić information content (AvgIpc) is 3.31. The lowest BCUT2D eigenvalue weighted by atomic mass is 10.2. The molecule has 0 aliphatic carbocycles. The number of carbonyl (C=O) groups is 1. The number of hydrogen-bond acceptors (Lipinski definition) is 6. The molecule has 1 aliphatic heterocycles. The molecule has 180 valence electrons. The molecule has 0 bridgehead atoms. The summed E-state index contributed by atoms with van der Waals surface area (Å²) in [7, 11) is -3.61. The zero-order valence-electron chi connectivity index (χ0n) is 18.8. The van der Waals surface area contributed by atoms with Gasteiger partial charge in [0.1, 0.15) is 12.4 Å². The molecule has 2 aromatic rings. The van der Waals surface area contributed by atoms with Crippen LogP contribution in [-0.4, -0.2) is 57.6 Å². The zero-order chi connectivity index (χ0) is 23.8. The highest BCUT2D eigenvalue weighted by molar-refractivity contribution is 7.89. The largest absolute Gasteiger partial charge is 0.489 e. The third kappa shape index (κ3) is 6.83. The van der Waals surface area contributed by atoms with Gasteiger partial charge in [0.2, 0.25) is 15.9 Å². The molecule has 0 aromatic heterocycles. The van der Waals surface area contributed by atoms with E-state index in [9.17, 15) is 13.2 Å². The fraction of sp³-hybridized carbons (Fsp3) is 0.435. The average molecular weight is 496 g/mol. The fourth-order valence-electron chi connectivity index (χ4n) is 3.55. The topological polar surface area (TPSA) is 97.0 Å². The first kappa shape index (κ1) is 25.3. The first-order chi connectivity index (χ1) is 15.8. The molecule has 2 aromatic carbocycles. The van der Waals surface area contributed by atoms with Crippen molar-refractivity contribution < 1.29 is 22.7 Å². The van der Waals surface area contributed by atoms with Crippen LogP contribution in [0.15, 0.2) is 47.4 Å². The van der Waals surface area contributed by atoms with Crippen LogP contribution >= 0.6 is 11.6 Å². The van der Waals surface area contributed by atoms with Crippen LogP contribution in [0.4, 0.5) is 11.4 Å². The van der Waals surface area contributed by atoms with Gasteiger partial charge in [-0.3, -0.25) is 4.79 Å². The molecule has 1 amide bonds. The highest BCUT2D eigenvalue weighted by atomic mass is 35.5. The Morgan fingerprint density at radius 1 is 1.21 bits per heavy atom. The SMILES string of the molecule is CCN(CC)S(=O)(=O)c1cccc(NC(=O)CNc2cc(Cl)ccc2OCC2CCCO2)c1. The number of ether oxygens (including phenoxy) is 2. The highest BCUT2D eigenvalue weighted by Gasteiger charge is 2.22. The van der Waals surface area contributed by atoms with E-state index in [0.717, 1.165) is 19.4 Å². The maximum atomic E-state index is 12.7. The molecule has 1 heterocycles. The van der Waals surface area contributed by atoms with Crippen LogP contribution in [0.3, 0.4) is 0 Å². The predicted molar refractivity (Wildman–Crippen MR) is 130 cm³/mol. The van der Waals surface area contributed by atoms with Gasteiger partial charge in [0, 0.05) is 30.4 Å². The maximum Gasteiger partial charge on any atom is 0.243 e. The van der Waals surface area contributed by atoms with Gasteiger partial charge in [-0.1, -0.05) is 31.5 Å². The maximum absolute atomic E-state index is 12.7. The number of sulfonamides is 1. The lowest BCUT2D eigenvalue weighted by molar-refractivity contribution is -0.114. The molecule has 10 heteroatoms. The van der Waals surface area contributed by atoms with E-state index in [4.69, 9.17) is 21.1 Å². The summed E-state index contributed by atoms with van der Waals surface area (Å²) < 4.78 is 38.3. The molecular formula is C23H30ClN3O5S. The van der Waals surface area contributed by atoms with Gasteiger partial charge in [-0.25, -0.2) is 8.42 Å². The monoisotopic (exact) mass is 495 g/mol. The van der Waals surface area contributed by atoms with Gasteiger partial charge in [-0.05, 0) is 49.2 Å². The number of anilines is 2. The normalized spacial score (nSPS) is 16.1. The smallest absolute Gasteiger partial charge is 0.243 e. The second kappa shape index (κ2) is 11.7. The summed E-state index contributed by atoms with van der Waals surface area (Å²) in [4.78, 5) is 12.7. The molecule has 1 fully saturated rings. The van der Waals surface area contributed by atoms with E-state index in [2.05, 4.69) is 10.6 Å². The molecular weight excluding hydrogens is 466 g/mol. The third-order valence-electron chi connectivity index (χ3n) is 5.29. The van der Waals surface area contributed by atoms with E-state index in [1.54, 1.807) is 44.2 Å². The van der Waals surface area contributed by atoms with Crippen LogP contribution in [0, 0.1) is 0 Å². The second-order valence-corrected chi connectivity index (χ2v) is 9.98. The fourth-order valence-corrected chi connectivity index (χ4v) is 5.23. The molecule has 2 N–H and O–H groups in total.